The molecule has 0 fully saturated rings. The van der Waals surface area contributed by atoms with E-state index in [4.69, 9.17) is 5.84 Å². The summed E-state index contributed by atoms with van der Waals surface area (Å²) in [5.74, 6) is 6.35. The zero-order valence-corrected chi connectivity index (χ0v) is 10.9. The highest BCUT2D eigenvalue weighted by atomic mass is 15.2. The number of hydrazine groups is 1. The summed E-state index contributed by atoms with van der Waals surface area (Å²) in [6, 6.07) is 13.1. The molecule has 3 N–H and O–H groups in total. The first-order chi connectivity index (χ1) is 9.36. The number of aromatic nitrogens is 1. The van der Waals surface area contributed by atoms with E-state index in [0.717, 1.165) is 19.3 Å². The summed E-state index contributed by atoms with van der Waals surface area (Å²) < 4.78 is 0. The summed E-state index contributed by atoms with van der Waals surface area (Å²) in [6.07, 6.45) is 6.88. The van der Waals surface area contributed by atoms with Crippen molar-refractivity contribution in [1.82, 2.24) is 10.4 Å². The van der Waals surface area contributed by atoms with Gasteiger partial charge in [-0.05, 0) is 54.0 Å². The minimum atomic E-state index is 0.315. The van der Waals surface area contributed by atoms with Crippen molar-refractivity contribution >= 4 is 0 Å². The molecule has 1 aromatic heterocycles. The molecule has 1 aliphatic rings. The highest BCUT2D eigenvalue weighted by Gasteiger charge is 2.27. The lowest BCUT2D eigenvalue weighted by atomic mass is 9.92. The molecule has 1 aliphatic carbocycles. The van der Waals surface area contributed by atoms with Gasteiger partial charge in [0.05, 0.1) is 0 Å². The van der Waals surface area contributed by atoms with Gasteiger partial charge < -0.3 is 0 Å². The summed E-state index contributed by atoms with van der Waals surface area (Å²) in [4.78, 5) is 4.06. The Labute approximate surface area is 113 Å². The minimum absolute atomic E-state index is 0.315. The molecule has 3 rings (SSSR count). The molecule has 3 heteroatoms. The van der Waals surface area contributed by atoms with Gasteiger partial charge in [-0.15, -0.1) is 0 Å². The number of rotatable bonds is 4. The Hall–Kier alpha value is -1.71. The maximum atomic E-state index is 5.77. The second-order valence-corrected chi connectivity index (χ2v) is 5.27. The second kappa shape index (κ2) is 5.51. The standard InChI is InChI=1S/C16H19N3/c17-19-16(9-12-5-7-18-8-6-12)15-10-13-3-1-2-4-14(13)11-15/h1-8,15-16,19H,9-11,17H2. The third-order valence-electron chi connectivity index (χ3n) is 4.07. The van der Waals surface area contributed by atoms with Crippen molar-refractivity contribution in [3.05, 3.63) is 65.5 Å². The molecule has 1 aromatic carbocycles. The number of nitrogens with two attached hydrogens (primary N) is 1. The average Bonchev–Trinajstić information content (AvgIpc) is 2.89. The van der Waals surface area contributed by atoms with Gasteiger partial charge in [0.25, 0.3) is 0 Å². The van der Waals surface area contributed by atoms with E-state index in [1.165, 1.54) is 16.7 Å². The van der Waals surface area contributed by atoms with Crippen molar-refractivity contribution in [3.63, 3.8) is 0 Å². The molecule has 1 heterocycles. The Morgan fingerprint density at radius 2 is 1.74 bits per heavy atom. The average molecular weight is 253 g/mol. The lowest BCUT2D eigenvalue weighted by Crippen LogP contribution is -2.42. The van der Waals surface area contributed by atoms with Crippen molar-refractivity contribution in [2.45, 2.75) is 25.3 Å². The monoisotopic (exact) mass is 253 g/mol. The van der Waals surface area contributed by atoms with Crippen LogP contribution in [0.2, 0.25) is 0 Å². The van der Waals surface area contributed by atoms with Crippen LogP contribution in [0, 0.1) is 5.92 Å². The molecule has 0 aliphatic heterocycles. The summed E-state index contributed by atoms with van der Waals surface area (Å²) in [5.41, 5.74) is 7.24. The molecule has 0 saturated carbocycles. The van der Waals surface area contributed by atoms with E-state index in [9.17, 15) is 0 Å². The molecule has 19 heavy (non-hydrogen) atoms. The Bertz CT molecular complexity index is 514. The van der Waals surface area contributed by atoms with E-state index in [2.05, 4.69) is 46.8 Å². The van der Waals surface area contributed by atoms with E-state index >= 15 is 0 Å². The van der Waals surface area contributed by atoms with Crippen LogP contribution in [0.15, 0.2) is 48.8 Å². The Morgan fingerprint density at radius 1 is 1.11 bits per heavy atom. The first-order valence-electron chi connectivity index (χ1n) is 6.78. The second-order valence-electron chi connectivity index (χ2n) is 5.27. The lowest BCUT2D eigenvalue weighted by molar-refractivity contribution is 0.367. The first-order valence-corrected chi connectivity index (χ1v) is 6.78. The van der Waals surface area contributed by atoms with Crippen LogP contribution in [0.5, 0.6) is 0 Å². The van der Waals surface area contributed by atoms with Crippen LogP contribution in [-0.4, -0.2) is 11.0 Å². The third kappa shape index (κ3) is 2.67. The van der Waals surface area contributed by atoms with E-state index in [1.807, 2.05) is 12.4 Å². The summed E-state index contributed by atoms with van der Waals surface area (Å²) in [6.45, 7) is 0. The Morgan fingerprint density at radius 3 is 2.32 bits per heavy atom. The molecular weight excluding hydrogens is 234 g/mol. The van der Waals surface area contributed by atoms with Gasteiger partial charge in [0.2, 0.25) is 0 Å². The van der Waals surface area contributed by atoms with Crippen LogP contribution in [0.3, 0.4) is 0 Å². The van der Waals surface area contributed by atoms with Gasteiger partial charge in [-0.25, -0.2) is 0 Å². The van der Waals surface area contributed by atoms with E-state index in [-0.39, 0.29) is 0 Å². The van der Waals surface area contributed by atoms with Crippen LogP contribution in [-0.2, 0) is 19.3 Å². The molecule has 1 unspecified atom stereocenters. The van der Waals surface area contributed by atoms with Gasteiger partial charge in [-0.3, -0.25) is 16.3 Å². The van der Waals surface area contributed by atoms with Crippen molar-refractivity contribution in [1.29, 1.82) is 0 Å². The number of pyridine rings is 1. The van der Waals surface area contributed by atoms with Gasteiger partial charge in [0.15, 0.2) is 0 Å². The highest BCUT2D eigenvalue weighted by Crippen LogP contribution is 2.29. The first kappa shape index (κ1) is 12.3. The molecule has 3 nitrogen and oxygen atoms in total. The number of hydrogen-bond acceptors (Lipinski definition) is 3. The molecule has 0 bridgehead atoms. The van der Waals surface area contributed by atoms with Crippen LogP contribution in [0.1, 0.15) is 16.7 Å². The van der Waals surface area contributed by atoms with E-state index in [0.29, 0.717) is 12.0 Å². The quantitative estimate of drug-likeness (QED) is 0.646. The van der Waals surface area contributed by atoms with Crippen molar-refractivity contribution in [3.8, 4) is 0 Å². The van der Waals surface area contributed by atoms with Gasteiger partial charge in [0, 0.05) is 18.4 Å². The molecule has 0 radical (unpaired) electrons. The molecule has 2 aromatic rings. The molecular formula is C16H19N3. The molecule has 0 saturated heterocycles. The number of fused-ring (bicyclic) bond motifs is 1. The van der Waals surface area contributed by atoms with Gasteiger partial charge in [0.1, 0.15) is 0 Å². The van der Waals surface area contributed by atoms with Crippen molar-refractivity contribution in [2.75, 3.05) is 0 Å². The van der Waals surface area contributed by atoms with Gasteiger partial charge in [-0.1, -0.05) is 24.3 Å². The number of nitrogens with zero attached hydrogens (tertiary/aromatic N) is 1. The SMILES string of the molecule is NNC(Cc1ccncc1)C1Cc2ccccc2C1. The Balaban J connectivity index is 1.71. The number of benzene rings is 1. The third-order valence-corrected chi connectivity index (χ3v) is 4.07. The largest absolute Gasteiger partial charge is 0.271 e. The van der Waals surface area contributed by atoms with Crippen LogP contribution < -0.4 is 11.3 Å². The van der Waals surface area contributed by atoms with E-state index in [1.54, 1.807) is 0 Å². The Kier molecular flexibility index (Phi) is 3.58. The number of nitrogens with one attached hydrogen (secondary N) is 1. The predicted molar refractivity (Wildman–Crippen MR) is 76.4 cm³/mol. The zero-order valence-electron chi connectivity index (χ0n) is 10.9. The smallest absolute Gasteiger partial charge is 0.0285 e. The maximum Gasteiger partial charge on any atom is 0.0285 e. The molecule has 1 atom stereocenters. The zero-order chi connectivity index (χ0) is 13.1. The normalized spacial score (nSPS) is 16.3. The molecule has 98 valence electrons. The molecule has 0 spiro atoms. The fourth-order valence-corrected chi connectivity index (χ4v) is 3.01. The van der Waals surface area contributed by atoms with Crippen LogP contribution in [0.4, 0.5) is 0 Å². The van der Waals surface area contributed by atoms with Gasteiger partial charge in [-0.2, -0.15) is 0 Å². The van der Waals surface area contributed by atoms with Crippen LogP contribution >= 0.6 is 0 Å². The molecule has 0 amide bonds. The van der Waals surface area contributed by atoms with E-state index < -0.39 is 0 Å². The maximum absolute atomic E-state index is 5.77. The van der Waals surface area contributed by atoms with Crippen molar-refractivity contribution < 1.29 is 0 Å². The highest BCUT2D eigenvalue weighted by molar-refractivity contribution is 5.33. The lowest BCUT2D eigenvalue weighted by Gasteiger charge is -2.22. The van der Waals surface area contributed by atoms with Crippen molar-refractivity contribution in [2.24, 2.45) is 11.8 Å². The summed E-state index contributed by atoms with van der Waals surface area (Å²) in [5, 5.41) is 0. The topological polar surface area (TPSA) is 50.9 Å². The fraction of sp³-hybridized carbons (Fsp3) is 0.312. The summed E-state index contributed by atoms with van der Waals surface area (Å²) >= 11 is 0. The minimum Gasteiger partial charge on any atom is -0.271 e. The predicted octanol–water partition coefficient (Wildman–Crippen LogP) is 1.87. The van der Waals surface area contributed by atoms with Crippen LogP contribution in [0.25, 0.3) is 0 Å². The summed E-state index contributed by atoms with van der Waals surface area (Å²) in [7, 11) is 0. The number of hydrogen-bond donors (Lipinski definition) is 2. The van der Waals surface area contributed by atoms with Gasteiger partial charge >= 0.3 is 0 Å². The fourth-order valence-electron chi connectivity index (χ4n) is 3.01.